The molecule has 8 heteroatoms. The topological polar surface area (TPSA) is 32.8 Å². The average Bonchev–Trinajstić information content (AvgIpc) is 3.29. The summed E-state index contributed by atoms with van der Waals surface area (Å²) in [6.07, 6.45) is -0.755. The fourth-order valence-corrected chi connectivity index (χ4v) is 9.34. The number of hydrogen-bond acceptors (Lipinski definition) is 6. The molecule has 1 unspecified atom stereocenters. The number of thioether (sulfide) groups is 1. The Morgan fingerprint density at radius 1 is 1.00 bits per heavy atom. The van der Waals surface area contributed by atoms with Crippen molar-refractivity contribution >= 4 is 69.3 Å². The fraction of sp³-hybridized carbons (Fsp3) is 0.200. The zero-order valence-corrected chi connectivity index (χ0v) is 25.1. The molecule has 4 nitrogen and oxygen atoms in total. The van der Waals surface area contributed by atoms with Crippen molar-refractivity contribution in [3.8, 4) is 5.75 Å². The van der Waals surface area contributed by atoms with Crippen molar-refractivity contribution in [3.05, 3.63) is 106 Å². The second kappa shape index (κ2) is 10.5. The summed E-state index contributed by atoms with van der Waals surface area (Å²) in [4.78, 5) is 17.1. The van der Waals surface area contributed by atoms with Gasteiger partial charge in [-0.05, 0) is 54.1 Å². The summed E-state index contributed by atoms with van der Waals surface area (Å²) in [5.74, 6) is 2.84. The van der Waals surface area contributed by atoms with E-state index in [1.165, 1.54) is 23.0 Å². The SMILES string of the molecule is CCN1C(=O)/C(=C\c2ccc(OP(=S)(C=C3N(C)c4ccccc4C3(C)C)c3ccccc3)cc2)SC1=S. The zero-order chi connectivity index (χ0) is 27.1. The molecule has 3 aromatic rings. The molecule has 2 aliphatic rings. The molecule has 0 spiro atoms. The maximum atomic E-state index is 12.6. The molecule has 0 radical (unpaired) electrons. The lowest BCUT2D eigenvalue weighted by Gasteiger charge is -2.28. The normalized spacial score (nSPS) is 20.2. The van der Waals surface area contributed by atoms with Gasteiger partial charge in [-0.25, -0.2) is 0 Å². The Hall–Kier alpha value is -2.70. The van der Waals surface area contributed by atoms with Crippen molar-refractivity contribution in [1.82, 2.24) is 4.90 Å². The van der Waals surface area contributed by atoms with Crippen LogP contribution in [0.3, 0.4) is 0 Å². The predicted octanol–water partition coefficient (Wildman–Crippen LogP) is 7.28. The molecule has 0 N–H and O–H groups in total. The number of nitrogens with zero attached hydrogens (tertiary/aromatic N) is 2. The Balaban J connectivity index is 1.48. The first-order valence-corrected chi connectivity index (χ1v) is 16.4. The molecular weight excluding hydrogens is 548 g/mol. The van der Waals surface area contributed by atoms with Crippen LogP contribution in [0.15, 0.2) is 95.3 Å². The van der Waals surface area contributed by atoms with Gasteiger partial charge in [-0.3, -0.25) is 9.69 Å². The summed E-state index contributed by atoms with van der Waals surface area (Å²) < 4.78 is 7.29. The molecule has 0 aromatic heterocycles. The van der Waals surface area contributed by atoms with Gasteiger partial charge in [0.2, 0.25) is 0 Å². The number of para-hydroxylation sites is 1. The van der Waals surface area contributed by atoms with Crippen molar-refractivity contribution < 1.29 is 9.32 Å². The molecule has 0 bridgehead atoms. The molecule has 1 saturated heterocycles. The third-order valence-electron chi connectivity index (χ3n) is 6.96. The van der Waals surface area contributed by atoms with E-state index in [4.69, 9.17) is 28.5 Å². The number of hydrogen-bond donors (Lipinski definition) is 0. The van der Waals surface area contributed by atoms with E-state index in [0.29, 0.717) is 21.5 Å². The quantitative estimate of drug-likeness (QED) is 0.174. The molecule has 38 heavy (non-hydrogen) atoms. The van der Waals surface area contributed by atoms with E-state index in [2.05, 4.69) is 68.0 Å². The Kier molecular flexibility index (Phi) is 7.40. The number of carbonyl (C=O) groups excluding carboxylic acids is 1. The molecule has 0 aliphatic carbocycles. The van der Waals surface area contributed by atoms with Crippen LogP contribution in [0.2, 0.25) is 0 Å². The Labute approximate surface area is 239 Å². The standard InChI is InChI=1S/C30H29N2O2PS3/c1-5-32-28(33)26(38-29(32)36)19-21-15-17-22(18-16-21)34-35(37,23-11-7-6-8-12-23)20-27-30(2,3)24-13-9-10-14-25(24)31(27)4/h6-20H,5H2,1-4H3/b26-19+,27-20?. The summed E-state index contributed by atoms with van der Waals surface area (Å²) in [6, 6.07) is 26.4. The van der Waals surface area contributed by atoms with Gasteiger partial charge >= 0.3 is 0 Å². The highest BCUT2D eigenvalue weighted by atomic mass is 32.4. The summed E-state index contributed by atoms with van der Waals surface area (Å²) in [7, 11) is 2.10. The van der Waals surface area contributed by atoms with Gasteiger partial charge in [0.15, 0.2) is 6.26 Å². The number of rotatable bonds is 6. The zero-order valence-electron chi connectivity index (χ0n) is 21.8. The maximum Gasteiger partial charge on any atom is 0.266 e. The van der Waals surface area contributed by atoms with Crippen LogP contribution in [0.4, 0.5) is 5.69 Å². The molecule has 2 aliphatic heterocycles. The number of allylic oxidation sites excluding steroid dienone is 1. The van der Waals surface area contributed by atoms with Gasteiger partial charge in [-0.2, -0.15) is 0 Å². The number of fused-ring (bicyclic) bond motifs is 1. The Morgan fingerprint density at radius 2 is 1.66 bits per heavy atom. The minimum absolute atomic E-state index is 0.0432. The fourth-order valence-electron chi connectivity index (χ4n) is 4.89. The number of amides is 1. The van der Waals surface area contributed by atoms with Crippen LogP contribution in [0.25, 0.3) is 6.08 Å². The van der Waals surface area contributed by atoms with E-state index in [0.717, 1.165) is 16.6 Å². The second-order valence-electron chi connectivity index (χ2n) is 9.73. The average molecular weight is 577 g/mol. The second-order valence-corrected chi connectivity index (χ2v) is 15.2. The van der Waals surface area contributed by atoms with E-state index in [9.17, 15) is 4.79 Å². The lowest BCUT2D eigenvalue weighted by Crippen LogP contribution is -2.27. The summed E-state index contributed by atoms with van der Waals surface area (Å²) in [5, 5.41) is 0.995. The number of carbonyl (C=O) groups is 1. The van der Waals surface area contributed by atoms with Gasteiger partial charge in [0.25, 0.3) is 5.91 Å². The van der Waals surface area contributed by atoms with Crippen LogP contribution in [0, 0.1) is 0 Å². The molecule has 194 valence electrons. The molecule has 1 fully saturated rings. The third kappa shape index (κ3) is 4.89. The van der Waals surface area contributed by atoms with Gasteiger partial charge in [0.1, 0.15) is 10.1 Å². The minimum Gasteiger partial charge on any atom is -0.458 e. The lowest BCUT2D eigenvalue weighted by atomic mass is 9.84. The van der Waals surface area contributed by atoms with Crippen LogP contribution in [0.5, 0.6) is 5.75 Å². The number of anilines is 1. The highest BCUT2D eigenvalue weighted by Crippen LogP contribution is 2.55. The van der Waals surface area contributed by atoms with Gasteiger partial charge in [-0.1, -0.05) is 98.5 Å². The summed E-state index contributed by atoms with van der Waals surface area (Å²) in [5.41, 5.74) is 4.31. The largest absolute Gasteiger partial charge is 0.458 e. The van der Waals surface area contributed by atoms with Gasteiger partial charge in [0.05, 0.1) is 4.91 Å². The van der Waals surface area contributed by atoms with E-state index in [-0.39, 0.29) is 11.3 Å². The van der Waals surface area contributed by atoms with E-state index in [1.807, 2.05) is 55.5 Å². The van der Waals surface area contributed by atoms with Crippen molar-refractivity contribution in [1.29, 1.82) is 0 Å². The molecular formula is C30H29N2O2PS3. The van der Waals surface area contributed by atoms with Crippen molar-refractivity contribution in [3.63, 3.8) is 0 Å². The number of benzene rings is 3. The van der Waals surface area contributed by atoms with Crippen LogP contribution >= 0.6 is 30.2 Å². The molecule has 2 heterocycles. The number of thiocarbonyl (C=S) groups is 1. The first-order valence-electron chi connectivity index (χ1n) is 12.4. The smallest absolute Gasteiger partial charge is 0.266 e. The van der Waals surface area contributed by atoms with Gasteiger partial charge in [0, 0.05) is 41.5 Å². The van der Waals surface area contributed by atoms with Crippen LogP contribution in [0.1, 0.15) is 31.9 Å². The molecule has 0 saturated carbocycles. The Morgan fingerprint density at radius 3 is 2.29 bits per heavy atom. The Bertz CT molecular complexity index is 1510. The maximum absolute atomic E-state index is 12.6. The summed E-state index contributed by atoms with van der Waals surface area (Å²) >= 11 is 13.0. The van der Waals surface area contributed by atoms with E-state index >= 15 is 0 Å². The summed E-state index contributed by atoms with van der Waals surface area (Å²) in [6.45, 7) is 6.98. The minimum atomic E-state index is -2.63. The van der Waals surface area contributed by atoms with Crippen molar-refractivity contribution in [2.24, 2.45) is 0 Å². The van der Waals surface area contributed by atoms with Crippen LogP contribution in [-0.2, 0) is 22.0 Å². The van der Waals surface area contributed by atoms with Gasteiger partial charge in [-0.15, -0.1) is 0 Å². The number of likely N-dealkylation sites (N-methyl/N-ethyl adjacent to an activating group) is 2. The highest BCUT2D eigenvalue weighted by molar-refractivity contribution is 8.26. The van der Waals surface area contributed by atoms with Crippen molar-refractivity contribution in [2.45, 2.75) is 26.2 Å². The monoisotopic (exact) mass is 576 g/mol. The molecule has 3 aromatic carbocycles. The van der Waals surface area contributed by atoms with Crippen LogP contribution in [-0.4, -0.2) is 28.7 Å². The van der Waals surface area contributed by atoms with E-state index in [1.54, 1.807) is 4.90 Å². The predicted molar refractivity (Wildman–Crippen MR) is 169 cm³/mol. The first kappa shape index (κ1) is 26.9. The molecule has 1 atom stereocenters. The first-order chi connectivity index (χ1) is 18.1. The lowest BCUT2D eigenvalue weighted by molar-refractivity contribution is -0.121. The van der Waals surface area contributed by atoms with Gasteiger partial charge < -0.3 is 9.42 Å². The molecule has 5 rings (SSSR count). The highest BCUT2D eigenvalue weighted by Gasteiger charge is 2.40. The van der Waals surface area contributed by atoms with Crippen LogP contribution < -0.4 is 14.7 Å². The molecule has 1 amide bonds. The van der Waals surface area contributed by atoms with E-state index < -0.39 is 6.26 Å². The third-order valence-corrected chi connectivity index (χ3v) is 11.6. The van der Waals surface area contributed by atoms with Crippen molar-refractivity contribution in [2.75, 3.05) is 18.5 Å².